The van der Waals surface area contributed by atoms with Gasteiger partial charge in [0.1, 0.15) is 12.4 Å². The van der Waals surface area contributed by atoms with Gasteiger partial charge in [0.05, 0.1) is 12.6 Å². The standard InChI is InChI=1S/C19H19N5O2/c25-19(21-16-11-15-3-1-2-4-17(15)26-13-16)22-18-7-10-24(23-18)12-14-5-8-20-9-6-14/h1-10,16H,11-13H2,(H2,21,22,23,25). The minimum atomic E-state index is -0.285. The average Bonchev–Trinajstić information content (AvgIpc) is 3.09. The van der Waals surface area contributed by atoms with E-state index in [-0.39, 0.29) is 12.1 Å². The number of pyridine rings is 1. The van der Waals surface area contributed by atoms with E-state index in [9.17, 15) is 4.79 Å². The summed E-state index contributed by atoms with van der Waals surface area (Å²) in [7, 11) is 0. The van der Waals surface area contributed by atoms with Gasteiger partial charge in [-0.2, -0.15) is 5.10 Å². The maximum Gasteiger partial charge on any atom is 0.320 e. The van der Waals surface area contributed by atoms with Crippen LogP contribution >= 0.6 is 0 Å². The predicted molar refractivity (Wildman–Crippen MR) is 97.1 cm³/mol. The van der Waals surface area contributed by atoms with Crippen molar-refractivity contribution in [2.24, 2.45) is 0 Å². The highest BCUT2D eigenvalue weighted by molar-refractivity contribution is 5.88. The second kappa shape index (κ2) is 7.26. The van der Waals surface area contributed by atoms with E-state index >= 15 is 0 Å². The number of carbonyl (C=O) groups is 1. The summed E-state index contributed by atoms with van der Waals surface area (Å²) in [5.41, 5.74) is 2.20. The normalized spacial score (nSPS) is 15.6. The Morgan fingerprint density at radius 2 is 2.04 bits per heavy atom. The van der Waals surface area contributed by atoms with Crippen LogP contribution in [0.5, 0.6) is 5.75 Å². The van der Waals surface area contributed by atoms with E-state index in [1.54, 1.807) is 23.1 Å². The van der Waals surface area contributed by atoms with Gasteiger partial charge in [0.2, 0.25) is 0 Å². The van der Waals surface area contributed by atoms with Crippen LogP contribution in [0.2, 0.25) is 0 Å². The van der Waals surface area contributed by atoms with Crippen molar-refractivity contribution in [3.8, 4) is 5.75 Å². The maximum absolute atomic E-state index is 12.2. The molecule has 1 aliphatic rings. The van der Waals surface area contributed by atoms with Crippen molar-refractivity contribution >= 4 is 11.8 Å². The molecule has 1 aromatic carbocycles. The lowest BCUT2D eigenvalue weighted by Crippen LogP contribution is -2.44. The van der Waals surface area contributed by atoms with Crippen LogP contribution in [0.1, 0.15) is 11.1 Å². The van der Waals surface area contributed by atoms with Crippen LogP contribution < -0.4 is 15.4 Å². The zero-order chi connectivity index (χ0) is 17.8. The quantitative estimate of drug-likeness (QED) is 0.758. The molecule has 1 unspecified atom stereocenters. The van der Waals surface area contributed by atoms with Gasteiger partial charge >= 0.3 is 6.03 Å². The number of ether oxygens (including phenoxy) is 1. The molecule has 3 aromatic rings. The van der Waals surface area contributed by atoms with Crippen molar-refractivity contribution in [1.29, 1.82) is 0 Å². The van der Waals surface area contributed by atoms with E-state index in [0.717, 1.165) is 23.3 Å². The topological polar surface area (TPSA) is 81.1 Å². The highest BCUT2D eigenvalue weighted by atomic mass is 16.5. The van der Waals surface area contributed by atoms with Crippen molar-refractivity contribution in [2.45, 2.75) is 19.0 Å². The highest BCUT2D eigenvalue weighted by Crippen LogP contribution is 2.23. The Kier molecular flexibility index (Phi) is 4.51. The van der Waals surface area contributed by atoms with Gasteiger partial charge in [0.15, 0.2) is 5.82 Å². The molecular weight excluding hydrogens is 330 g/mol. The largest absolute Gasteiger partial charge is 0.491 e. The second-order valence-corrected chi connectivity index (χ2v) is 6.17. The average molecular weight is 349 g/mol. The number of amides is 2. The Labute approximate surface area is 151 Å². The van der Waals surface area contributed by atoms with Crippen LogP contribution in [-0.4, -0.2) is 33.4 Å². The fraction of sp³-hybridized carbons (Fsp3) is 0.211. The lowest BCUT2D eigenvalue weighted by Gasteiger charge is -2.25. The molecule has 132 valence electrons. The maximum atomic E-state index is 12.2. The minimum Gasteiger partial charge on any atom is -0.491 e. The molecule has 7 nitrogen and oxygen atoms in total. The van der Waals surface area contributed by atoms with Crippen molar-refractivity contribution in [3.05, 3.63) is 72.2 Å². The van der Waals surface area contributed by atoms with Crippen LogP contribution in [0.15, 0.2) is 61.1 Å². The van der Waals surface area contributed by atoms with Gasteiger partial charge in [0, 0.05) is 24.7 Å². The third-order valence-corrected chi connectivity index (χ3v) is 4.19. The van der Waals surface area contributed by atoms with Crippen molar-refractivity contribution < 1.29 is 9.53 Å². The van der Waals surface area contributed by atoms with Crippen LogP contribution in [0.25, 0.3) is 0 Å². The molecule has 2 amide bonds. The third-order valence-electron chi connectivity index (χ3n) is 4.19. The molecule has 0 radical (unpaired) electrons. The molecule has 0 aliphatic carbocycles. The number of urea groups is 1. The smallest absolute Gasteiger partial charge is 0.320 e. The van der Waals surface area contributed by atoms with E-state index in [2.05, 4.69) is 20.7 Å². The number of hydrogen-bond donors (Lipinski definition) is 2. The fourth-order valence-corrected chi connectivity index (χ4v) is 2.95. The number of anilines is 1. The molecule has 3 heterocycles. The number of benzene rings is 1. The van der Waals surface area contributed by atoms with E-state index in [1.807, 2.05) is 42.6 Å². The molecular formula is C19H19N5O2. The minimum absolute atomic E-state index is 0.0659. The number of rotatable bonds is 4. The van der Waals surface area contributed by atoms with Crippen molar-refractivity contribution in [3.63, 3.8) is 0 Å². The van der Waals surface area contributed by atoms with Crippen LogP contribution in [0, 0.1) is 0 Å². The van der Waals surface area contributed by atoms with Gasteiger partial charge in [-0.1, -0.05) is 18.2 Å². The fourth-order valence-electron chi connectivity index (χ4n) is 2.95. The Bertz CT molecular complexity index is 894. The van der Waals surface area contributed by atoms with E-state index < -0.39 is 0 Å². The van der Waals surface area contributed by atoms with Crippen molar-refractivity contribution in [1.82, 2.24) is 20.1 Å². The molecule has 0 bridgehead atoms. The number of fused-ring (bicyclic) bond motifs is 1. The Hall–Kier alpha value is -3.35. The molecule has 0 fully saturated rings. The third kappa shape index (κ3) is 3.83. The van der Waals surface area contributed by atoms with E-state index in [1.165, 1.54) is 0 Å². The van der Waals surface area contributed by atoms with Gasteiger partial charge in [0.25, 0.3) is 0 Å². The molecule has 0 saturated heterocycles. The summed E-state index contributed by atoms with van der Waals surface area (Å²) in [6.45, 7) is 1.08. The second-order valence-electron chi connectivity index (χ2n) is 6.17. The SMILES string of the molecule is O=C(Nc1ccn(Cc2ccncc2)n1)NC1COc2ccccc2C1. The molecule has 1 aliphatic heterocycles. The number of para-hydroxylation sites is 1. The summed E-state index contributed by atoms with van der Waals surface area (Å²) in [4.78, 5) is 16.2. The summed E-state index contributed by atoms with van der Waals surface area (Å²) in [6.07, 6.45) is 6.07. The van der Waals surface area contributed by atoms with Crippen molar-refractivity contribution in [2.75, 3.05) is 11.9 Å². The summed E-state index contributed by atoms with van der Waals surface area (Å²) < 4.78 is 7.46. The van der Waals surface area contributed by atoms with Gasteiger partial charge in [-0.05, 0) is 35.7 Å². The summed E-state index contributed by atoms with van der Waals surface area (Å²) in [6, 6.07) is 13.2. The molecule has 1 atom stereocenters. The number of carbonyl (C=O) groups excluding carboxylic acids is 1. The molecule has 26 heavy (non-hydrogen) atoms. The first-order valence-electron chi connectivity index (χ1n) is 8.47. The van der Waals surface area contributed by atoms with Crippen LogP contribution in [-0.2, 0) is 13.0 Å². The summed E-state index contributed by atoms with van der Waals surface area (Å²) in [5.74, 6) is 1.40. The monoisotopic (exact) mass is 349 g/mol. The van der Waals surface area contributed by atoms with E-state index in [4.69, 9.17) is 4.74 Å². The first-order valence-corrected chi connectivity index (χ1v) is 8.47. The van der Waals surface area contributed by atoms with Gasteiger partial charge in [-0.25, -0.2) is 4.79 Å². The molecule has 7 heteroatoms. The lowest BCUT2D eigenvalue weighted by atomic mass is 10.0. The van der Waals surface area contributed by atoms with Gasteiger partial charge < -0.3 is 10.1 Å². The Morgan fingerprint density at radius 1 is 1.19 bits per heavy atom. The molecule has 4 rings (SSSR count). The summed E-state index contributed by atoms with van der Waals surface area (Å²) in [5, 5.41) is 10.1. The van der Waals surface area contributed by atoms with Gasteiger partial charge in [-0.3, -0.25) is 15.0 Å². The van der Waals surface area contributed by atoms with Gasteiger partial charge in [-0.15, -0.1) is 0 Å². The lowest BCUT2D eigenvalue weighted by molar-refractivity contribution is 0.222. The number of aromatic nitrogens is 3. The molecule has 0 saturated carbocycles. The number of nitrogens with one attached hydrogen (secondary N) is 2. The zero-order valence-corrected chi connectivity index (χ0v) is 14.1. The Morgan fingerprint density at radius 3 is 2.92 bits per heavy atom. The molecule has 2 aromatic heterocycles. The highest BCUT2D eigenvalue weighted by Gasteiger charge is 2.21. The first kappa shape index (κ1) is 16.1. The summed E-state index contributed by atoms with van der Waals surface area (Å²) >= 11 is 0. The molecule has 0 spiro atoms. The first-order chi connectivity index (χ1) is 12.8. The number of nitrogens with zero attached hydrogens (tertiary/aromatic N) is 3. The molecule has 2 N–H and O–H groups in total. The Balaban J connectivity index is 1.31. The van der Waals surface area contributed by atoms with Crippen LogP contribution in [0.4, 0.5) is 10.6 Å². The van der Waals surface area contributed by atoms with Crippen LogP contribution in [0.3, 0.4) is 0 Å². The predicted octanol–water partition coefficient (Wildman–Crippen LogP) is 2.45. The number of hydrogen-bond acceptors (Lipinski definition) is 4. The zero-order valence-electron chi connectivity index (χ0n) is 14.1. The van der Waals surface area contributed by atoms with E-state index in [0.29, 0.717) is 19.0 Å².